The van der Waals surface area contributed by atoms with E-state index in [1.165, 1.54) is 0 Å². The summed E-state index contributed by atoms with van der Waals surface area (Å²) in [6, 6.07) is 13.2. The van der Waals surface area contributed by atoms with Crippen LogP contribution in [0.15, 0.2) is 46.9 Å². The molecule has 7 heteroatoms. The second-order valence-electron chi connectivity index (χ2n) is 6.77. The minimum Gasteiger partial charge on any atom is -0.476 e. The molecule has 0 saturated heterocycles. The topological polar surface area (TPSA) is 70.3 Å². The van der Waals surface area contributed by atoms with E-state index >= 15 is 0 Å². The van der Waals surface area contributed by atoms with Crippen LogP contribution >= 0.6 is 11.6 Å². The number of hydrogen-bond acceptors (Lipinski definition) is 6. The third kappa shape index (κ3) is 4.32. The molecule has 0 unspecified atom stereocenters. The van der Waals surface area contributed by atoms with E-state index in [2.05, 4.69) is 21.0 Å². The monoisotopic (exact) mass is 409 g/mol. The number of benzene rings is 2. The molecule has 2 aromatic heterocycles. The van der Waals surface area contributed by atoms with Gasteiger partial charge in [-0.1, -0.05) is 41.8 Å². The van der Waals surface area contributed by atoms with Gasteiger partial charge in [0.2, 0.25) is 5.89 Å². The lowest BCUT2D eigenvalue weighted by molar-refractivity contribution is 0.302. The average molecular weight is 410 g/mol. The minimum absolute atomic E-state index is 0.106. The minimum atomic E-state index is 0.106. The van der Waals surface area contributed by atoms with E-state index in [9.17, 15) is 0 Å². The molecule has 6 nitrogen and oxygen atoms in total. The number of aromatic nitrogens is 3. The van der Waals surface area contributed by atoms with E-state index in [-0.39, 0.29) is 6.01 Å². The Bertz CT molecular complexity index is 1150. The van der Waals surface area contributed by atoms with Crippen molar-refractivity contribution in [2.75, 3.05) is 6.61 Å². The van der Waals surface area contributed by atoms with Gasteiger partial charge in [-0.2, -0.15) is 9.97 Å². The first kappa shape index (κ1) is 19.2. The molecule has 0 amide bonds. The van der Waals surface area contributed by atoms with Gasteiger partial charge in [-0.25, -0.2) is 4.98 Å². The van der Waals surface area contributed by atoms with Gasteiger partial charge in [0.15, 0.2) is 5.52 Å². The number of fused-ring (bicyclic) bond motifs is 1. The normalized spacial score (nSPS) is 11.0. The van der Waals surface area contributed by atoms with Crippen molar-refractivity contribution in [2.45, 2.75) is 27.2 Å². The van der Waals surface area contributed by atoms with Gasteiger partial charge in [0.25, 0.3) is 11.6 Å². The van der Waals surface area contributed by atoms with Crippen LogP contribution in [0.25, 0.3) is 22.7 Å². The summed E-state index contributed by atoms with van der Waals surface area (Å²) in [5.74, 6) is 1.31. The molecule has 0 radical (unpaired) electrons. The summed E-state index contributed by atoms with van der Waals surface area (Å²) < 4.78 is 17.5. The lowest BCUT2D eigenvalue weighted by atomic mass is 10.1. The molecule has 0 aliphatic heterocycles. The van der Waals surface area contributed by atoms with Crippen LogP contribution in [-0.4, -0.2) is 21.6 Å². The fourth-order valence-corrected chi connectivity index (χ4v) is 3.16. The molecule has 0 fully saturated rings. The Balaban J connectivity index is 1.78. The van der Waals surface area contributed by atoms with Gasteiger partial charge in [-0.15, -0.1) is 0 Å². The summed E-state index contributed by atoms with van der Waals surface area (Å²) in [5.41, 5.74) is 3.89. The highest BCUT2D eigenvalue weighted by Crippen LogP contribution is 2.32. The largest absolute Gasteiger partial charge is 0.476 e. The van der Waals surface area contributed by atoms with E-state index in [0.29, 0.717) is 40.4 Å². The highest BCUT2D eigenvalue weighted by molar-refractivity contribution is 6.30. The Labute approximate surface area is 173 Å². The molecule has 0 atom stereocenters. The van der Waals surface area contributed by atoms with Crippen molar-refractivity contribution >= 4 is 22.8 Å². The zero-order valence-corrected chi connectivity index (χ0v) is 17.2. The van der Waals surface area contributed by atoms with Gasteiger partial charge in [0.05, 0.1) is 6.61 Å². The summed E-state index contributed by atoms with van der Waals surface area (Å²) in [6.07, 6.45) is 0.831. The number of rotatable bonds is 6. The zero-order valence-electron chi connectivity index (χ0n) is 16.4. The van der Waals surface area contributed by atoms with Crippen LogP contribution in [0.3, 0.4) is 0 Å². The molecule has 4 aromatic rings. The van der Waals surface area contributed by atoms with Gasteiger partial charge in [-0.05, 0) is 50.6 Å². The first-order valence-corrected chi connectivity index (χ1v) is 9.73. The van der Waals surface area contributed by atoms with E-state index in [4.69, 9.17) is 25.5 Å². The van der Waals surface area contributed by atoms with E-state index in [1.54, 1.807) is 24.3 Å². The van der Waals surface area contributed by atoms with Crippen molar-refractivity contribution < 1.29 is 13.9 Å². The van der Waals surface area contributed by atoms with Crippen molar-refractivity contribution in [2.24, 2.45) is 0 Å². The van der Waals surface area contributed by atoms with E-state index < -0.39 is 0 Å². The summed E-state index contributed by atoms with van der Waals surface area (Å²) >= 11 is 6.03. The number of halogens is 1. The van der Waals surface area contributed by atoms with Crippen LogP contribution in [0.4, 0.5) is 0 Å². The Kier molecular flexibility index (Phi) is 5.36. The number of hydrogen-bond donors (Lipinski definition) is 0. The van der Waals surface area contributed by atoms with Gasteiger partial charge in [0.1, 0.15) is 5.75 Å². The predicted octanol–water partition coefficient (Wildman–Crippen LogP) is 6.14. The second kappa shape index (κ2) is 8.09. The first-order valence-electron chi connectivity index (χ1n) is 9.35. The summed E-state index contributed by atoms with van der Waals surface area (Å²) in [7, 11) is 0. The molecular weight excluding hydrogens is 390 g/mol. The maximum Gasteiger partial charge on any atom is 0.328 e. The first-order chi connectivity index (χ1) is 14.0. The molecule has 0 N–H and O–H groups in total. The number of oxazole rings is 1. The maximum atomic E-state index is 6.03. The molecule has 0 saturated carbocycles. The molecule has 0 aliphatic carbocycles. The average Bonchev–Trinajstić information content (AvgIpc) is 3.10. The van der Waals surface area contributed by atoms with Crippen molar-refractivity contribution in [3.63, 3.8) is 0 Å². The highest BCUT2D eigenvalue weighted by Gasteiger charge is 2.19. The quantitative estimate of drug-likeness (QED) is 0.381. The van der Waals surface area contributed by atoms with Crippen molar-refractivity contribution in [3.8, 4) is 29.1 Å². The van der Waals surface area contributed by atoms with Crippen LogP contribution in [0, 0.1) is 13.8 Å². The molecule has 4 rings (SSSR count). The Morgan fingerprint density at radius 3 is 2.52 bits per heavy atom. The zero-order chi connectivity index (χ0) is 20.4. The fraction of sp³-hybridized carbons (Fsp3) is 0.227. The SMILES string of the molecule is CCCOc1nc(Oc2cccc(Cl)c2)nc2oc(-c3cc(C)cc(C)c3)nc12. The van der Waals surface area contributed by atoms with Gasteiger partial charge < -0.3 is 13.9 Å². The Morgan fingerprint density at radius 2 is 1.79 bits per heavy atom. The van der Waals surface area contributed by atoms with Crippen LogP contribution in [-0.2, 0) is 0 Å². The molecular formula is C22H20ClN3O3. The third-order valence-electron chi connectivity index (χ3n) is 4.12. The van der Waals surface area contributed by atoms with Crippen molar-refractivity contribution in [3.05, 3.63) is 58.6 Å². The molecule has 2 heterocycles. The molecule has 0 bridgehead atoms. The van der Waals surface area contributed by atoms with Crippen LogP contribution in [0.1, 0.15) is 24.5 Å². The summed E-state index contributed by atoms with van der Waals surface area (Å²) in [5, 5.41) is 0.558. The second-order valence-corrected chi connectivity index (χ2v) is 7.20. The lowest BCUT2D eigenvalue weighted by Crippen LogP contribution is -2.01. The summed E-state index contributed by atoms with van der Waals surface area (Å²) in [6.45, 7) is 6.58. The van der Waals surface area contributed by atoms with Crippen molar-refractivity contribution in [1.82, 2.24) is 15.0 Å². The van der Waals surface area contributed by atoms with Gasteiger partial charge >= 0.3 is 6.01 Å². The molecule has 148 valence electrons. The van der Waals surface area contributed by atoms with Crippen LogP contribution < -0.4 is 9.47 Å². The Hall–Kier alpha value is -3.12. The lowest BCUT2D eigenvalue weighted by Gasteiger charge is -2.07. The van der Waals surface area contributed by atoms with Gasteiger partial charge in [-0.3, -0.25) is 0 Å². The number of nitrogens with zero attached hydrogens (tertiary/aromatic N) is 3. The van der Waals surface area contributed by atoms with Crippen molar-refractivity contribution in [1.29, 1.82) is 0 Å². The fourth-order valence-electron chi connectivity index (χ4n) is 2.98. The predicted molar refractivity (Wildman–Crippen MR) is 112 cm³/mol. The van der Waals surface area contributed by atoms with Crippen LogP contribution in [0.5, 0.6) is 17.6 Å². The number of ether oxygens (including phenoxy) is 2. The summed E-state index contributed by atoms with van der Waals surface area (Å²) in [4.78, 5) is 13.3. The Morgan fingerprint density at radius 1 is 1.00 bits per heavy atom. The third-order valence-corrected chi connectivity index (χ3v) is 4.36. The van der Waals surface area contributed by atoms with E-state index in [0.717, 1.165) is 23.1 Å². The molecule has 29 heavy (non-hydrogen) atoms. The standard InChI is InChI=1S/C22H20ClN3O3/c1-4-8-27-20-18-21(26-22(25-20)28-17-7-5-6-16(23)12-17)29-19(24-18)15-10-13(2)9-14(3)11-15/h5-7,9-12H,4,8H2,1-3H3. The highest BCUT2D eigenvalue weighted by atomic mass is 35.5. The van der Waals surface area contributed by atoms with E-state index in [1.807, 2.05) is 32.9 Å². The smallest absolute Gasteiger partial charge is 0.328 e. The molecule has 0 aliphatic rings. The molecule has 0 spiro atoms. The maximum absolute atomic E-state index is 6.03. The molecule has 2 aromatic carbocycles. The number of aryl methyl sites for hydroxylation is 2. The van der Waals surface area contributed by atoms with Gasteiger partial charge in [0, 0.05) is 10.6 Å². The van der Waals surface area contributed by atoms with Crippen LogP contribution in [0.2, 0.25) is 5.02 Å².